The van der Waals surface area contributed by atoms with Crippen LogP contribution in [-0.4, -0.2) is 29.7 Å². The molecule has 88 valence electrons. The van der Waals surface area contributed by atoms with Crippen molar-refractivity contribution in [1.29, 1.82) is 0 Å². The van der Waals surface area contributed by atoms with E-state index in [0.717, 1.165) is 43.5 Å². The smallest absolute Gasteiger partial charge is 0.180 e. The van der Waals surface area contributed by atoms with Gasteiger partial charge in [0, 0.05) is 12.5 Å². The normalized spacial score (nSPS) is 16.6. The van der Waals surface area contributed by atoms with Gasteiger partial charge in [-0.05, 0) is 13.3 Å². The fraction of sp³-hybridized carbons (Fsp3) is 0.667. The number of likely N-dealkylation sites (N-methyl/N-ethyl adjacent to an activating group) is 1. The minimum atomic E-state index is 0.408. The lowest BCUT2D eigenvalue weighted by Gasteiger charge is -2.29. The van der Waals surface area contributed by atoms with E-state index < -0.39 is 0 Å². The molecule has 0 fully saturated rings. The predicted molar refractivity (Wildman–Crippen MR) is 64.1 cm³/mol. The highest BCUT2D eigenvalue weighted by molar-refractivity contribution is 5.52. The molecule has 1 aliphatic rings. The third kappa shape index (κ3) is 1.96. The van der Waals surface area contributed by atoms with Crippen LogP contribution in [0.15, 0.2) is 6.20 Å². The molecule has 4 nitrogen and oxygen atoms in total. The quantitative estimate of drug-likeness (QED) is 0.784. The number of hydrogen-bond acceptors (Lipinski definition) is 4. The first kappa shape index (κ1) is 11.2. The molecule has 0 saturated carbocycles. The van der Waals surface area contributed by atoms with Crippen molar-refractivity contribution in [3.63, 3.8) is 0 Å². The van der Waals surface area contributed by atoms with Crippen molar-refractivity contribution in [2.75, 3.05) is 24.6 Å². The van der Waals surface area contributed by atoms with Gasteiger partial charge >= 0.3 is 0 Å². The summed E-state index contributed by atoms with van der Waals surface area (Å²) in [6, 6.07) is 0. The van der Waals surface area contributed by atoms with E-state index in [9.17, 15) is 0 Å². The molecule has 2 rings (SSSR count). The summed E-state index contributed by atoms with van der Waals surface area (Å²) >= 11 is 0. The molecule has 0 spiro atoms. The van der Waals surface area contributed by atoms with Gasteiger partial charge in [0.25, 0.3) is 0 Å². The van der Waals surface area contributed by atoms with Crippen molar-refractivity contribution < 1.29 is 4.74 Å². The molecule has 4 heteroatoms. The number of ether oxygens (including phenoxy) is 1. The number of aromatic nitrogens is 2. The third-order valence-corrected chi connectivity index (χ3v) is 3.11. The fourth-order valence-electron chi connectivity index (χ4n) is 1.80. The van der Waals surface area contributed by atoms with Crippen molar-refractivity contribution in [2.24, 2.45) is 0 Å². The molecule has 0 amide bonds. The monoisotopic (exact) mass is 221 g/mol. The summed E-state index contributed by atoms with van der Waals surface area (Å²) in [5, 5.41) is 0. The van der Waals surface area contributed by atoms with Crippen LogP contribution in [0.4, 0.5) is 5.82 Å². The van der Waals surface area contributed by atoms with Crippen LogP contribution >= 0.6 is 0 Å². The van der Waals surface area contributed by atoms with E-state index in [1.807, 2.05) is 6.20 Å². The zero-order valence-electron chi connectivity index (χ0n) is 10.2. The molecule has 0 aromatic carbocycles. The Kier molecular flexibility index (Phi) is 3.27. The van der Waals surface area contributed by atoms with Crippen LogP contribution in [0.3, 0.4) is 0 Å². The van der Waals surface area contributed by atoms with Gasteiger partial charge in [-0.1, -0.05) is 13.8 Å². The molecule has 1 aliphatic heterocycles. The Balaban J connectivity index is 2.34. The molecule has 0 aliphatic carbocycles. The Morgan fingerprint density at radius 1 is 1.50 bits per heavy atom. The lowest BCUT2D eigenvalue weighted by Crippen LogP contribution is -2.33. The van der Waals surface area contributed by atoms with E-state index in [4.69, 9.17) is 4.74 Å². The van der Waals surface area contributed by atoms with Crippen LogP contribution in [0, 0.1) is 0 Å². The zero-order chi connectivity index (χ0) is 11.5. The third-order valence-electron chi connectivity index (χ3n) is 3.11. The van der Waals surface area contributed by atoms with Crippen LogP contribution in [0.5, 0.6) is 5.75 Å². The van der Waals surface area contributed by atoms with Gasteiger partial charge in [-0.3, -0.25) is 0 Å². The zero-order valence-corrected chi connectivity index (χ0v) is 10.2. The Labute approximate surface area is 96.7 Å². The largest absolute Gasteiger partial charge is 0.486 e. The van der Waals surface area contributed by atoms with Crippen molar-refractivity contribution in [3.8, 4) is 5.75 Å². The first-order chi connectivity index (χ1) is 7.76. The van der Waals surface area contributed by atoms with Crippen LogP contribution < -0.4 is 9.64 Å². The SMILES string of the molecule is CCC(C)c1ncc2c(n1)N(CC)CCO2. The first-order valence-electron chi connectivity index (χ1n) is 6.01. The Bertz CT molecular complexity index is 367. The van der Waals surface area contributed by atoms with E-state index in [2.05, 4.69) is 35.6 Å². The number of hydrogen-bond donors (Lipinski definition) is 0. The summed E-state index contributed by atoms with van der Waals surface area (Å²) in [6.45, 7) is 9.06. The standard InChI is InChI=1S/C12H19N3O/c1-4-9(3)11-13-8-10-12(14-11)15(5-2)6-7-16-10/h8-9H,4-7H2,1-3H3. The van der Waals surface area contributed by atoms with Crippen molar-refractivity contribution in [3.05, 3.63) is 12.0 Å². The molecule has 1 aromatic heterocycles. The Hall–Kier alpha value is -1.32. The van der Waals surface area contributed by atoms with Gasteiger partial charge in [-0.15, -0.1) is 0 Å². The second-order valence-electron chi connectivity index (χ2n) is 4.15. The van der Waals surface area contributed by atoms with Gasteiger partial charge in [0.2, 0.25) is 0 Å². The van der Waals surface area contributed by atoms with Gasteiger partial charge in [0.1, 0.15) is 12.4 Å². The minimum absolute atomic E-state index is 0.408. The van der Waals surface area contributed by atoms with Gasteiger partial charge < -0.3 is 9.64 Å². The molecule has 16 heavy (non-hydrogen) atoms. The number of anilines is 1. The Morgan fingerprint density at radius 2 is 2.31 bits per heavy atom. The maximum atomic E-state index is 5.56. The fourth-order valence-corrected chi connectivity index (χ4v) is 1.80. The molecular formula is C12H19N3O. The molecule has 1 aromatic rings. The highest BCUT2D eigenvalue weighted by atomic mass is 16.5. The lowest BCUT2D eigenvalue weighted by molar-refractivity contribution is 0.303. The van der Waals surface area contributed by atoms with Crippen molar-refractivity contribution in [2.45, 2.75) is 33.1 Å². The average molecular weight is 221 g/mol. The van der Waals surface area contributed by atoms with E-state index in [1.165, 1.54) is 0 Å². The number of fused-ring (bicyclic) bond motifs is 1. The lowest BCUT2D eigenvalue weighted by atomic mass is 10.1. The average Bonchev–Trinajstić information content (AvgIpc) is 2.36. The van der Waals surface area contributed by atoms with Crippen molar-refractivity contribution >= 4 is 5.82 Å². The second kappa shape index (κ2) is 4.68. The highest BCUT2D eigenvalue weighted by Crippen LogP contribution is 2.29. The first-order valence-corrected chi connectivity index (χ1v) is 6.01. The van der Waals surface area contributed by atoms with E-state index >= 15 is 0 Å². The van der Waals surface area contributed by atoms with Crippen LogP contribution in [-0.2, 0) is 0 Å². The maximum absolute atomic E-state index is 5.56. The molecule has 2 heterocycles. The topological polar surface area (TPSA) is 38.2 Å². The molecule has 0 bridgehead atoms. The molecular weight excluding hydrogens is 202 g/mol. The summed E-state index contributed by atoms with van der Waals surface area (Å²) in [5.74, 6) is 3.11. The van der Waals surface area contributed by atoms with E-state index in [1.54, 1.807) is 0 Å². The summed E-state index contributed by atoms with van der Waals surface area (Å²) in [6.07, 6.45) is 2.87. The maximum Gasteiger partial charge on any atom is 0.180 e. The predicted octanol–water partition coefficient (Wildman–Crippen LogP) is 2.21. The molecule has 0 radical (unpaired) electrons. The summed E-state index contributed by atoms with van der Waals surface area (Å²) < 4.78 is 5.56. The summed E-state index contributed by atoms with van der Waals surface area (Å²) in [4.78, 5) is 11.2. The minimum Gasteiger partial charge on any atom is -0.486 e. The highest BCUT2D eigenvalue weighted by Gasteiger charge is 2.20. The summed E-state index contributed by atoms with van der Waals surface area (Å²) in [5.41, 5.74) is 0. The molecule has 1 unspecified atom stereocenters. The van der Waals surface area contributed by atoms with E-state index in [0.29, 0.717) is 5.92 Å². The molecule has 1 atom stereocenters. The Morgan fingerprint density at radius 3 is 3.00 bits per heavy atom. The number of rotatable bonds is 3. The van der Waals surface area contributed by atoms with Crippen LogP contribution in [0.2, 0.25) is 0 Å². The molecule has 0 saturated heterocycles. The van der Waals surface area contributed by atoms with Crippen LogP contribution in [0.1, 0.15) is 38.9 Å². The van der Waals surface area contributed by atoms with Gasteiger partial charge in [0.05, 0.1) is 12.7 Å². The van der Waals surface area contributed by atoms with Gasteiger partial charge in [0.15, 0.2) is 11.6 Å². The summed E-state index contributed by atoms with van der Waals surface area (Å²) in [7, 11) is 0. The van der Waals surface area contributed by atoms with Crippen molar-refractivity contribution in [1.82, 2.24) is 9.97 Å². The van der Waals surface area contributed by atoms with E-state index in [-0.39, 0.29) is 0 Å². The molecule has 0 N–H and O–H groups in total. The van der Waals surface area contributed by atoms with Gasteiger partial charge in [-0.2, -0.15) is 0 Å². The van der Waals surface area contributed by atoms with Crippen LogP contribution in [0.25, 0.3) is 0 Å². The second-order valence-corrected chi connectivity index (χ2v) is 4.15. The van der Waals surface area contributed by atoms with Gasteiger partial charge in [-0.25, -0.2) is 9.97 Å². The number of nitrogens with zero attached hydrogens (tertiary/aromatic N) is 3.